The third-order valence-electron chi connectivity index (χ3n) is 3.86. The Kier molecular flexibility index (Phi) is 5.08. The van der Waals surface area contributed by atoms with Gasteiger partial charge in [-0.15, -0.1) is 0 Å². The molecule has 0 fully saturated rings. The number of fused-ring (bicyclic) bond motifs is 1. The molecule has 0 aliphatic heterocycles. The van der Waals surface area contributed by atoms with Gasteiger partial charge < -0.3 is 4.57 Å². The Morgan fingerprint density at radius 3 is 2.71 bits per heavy atom. The first-order valence-electron chi connectivity index (χ1n) is 7.44. The zero-order valence-electron chi connectivity index (χ0n) is 11.2. The fourth-order valence-electron chi connectivity index (χ4n) is 2.79. The molecule has 1 aliphatic rings. The topological polar surface area (TPSA) is 17.8 Å². The molecule has 0 amide bonds. The van der Waals surface area contributed by atoms with Gasteiger partial charge in [-0.25, -0.2) is 4.98 Å². The maximum atomic E-state index is 4.55. The molecule has 0 unspecified atom stereocenters. The average molecular weight is 234 g/mol. The predicted octanol–water partition coefficient (Wildman–Crippen LogP) is 4.12. The number of aromatic nitrogens is 2. The molecule has 96 valence electrons. The molecule has 2 heteroatoms. The van der Waals surface area contributed by atoms with Gasteiger partial charge in [0.15, 0.2) is 0 Å². The second-order valence-electron chi connectivity index (χ2n) is 5.31. The highest BCUT2D eigenvalue weighted by Gasteiger charge is 2.14. The number of hydrogen-bond acceptors (Lipinski definition) is 1. The first-order valence-corrected chi connectivity index (χ1v) is 7.44. The van der Waals surface area contributed by atoms with Crippen LogP contribution in [0.25, 0.3) is 0 Å². The van der Waals surface area contributed by atoms with Crippen molar-refractivity contribution in [2.75, 3.05) is 0 Å². The normalized spacial score (nSPS) is 14.9. The summed E-state index contributed by atoms with van der Waals surface area (Å²) in [4.78, 5) is 4.55. The van der Waals surface area contributed by atoms with Gasteiger partial charge in [0.2, 0.25) is 0 Å². The van der Waals surface area contributed by atoms with E-state index in [0.717, 1.165) is 0 Å². The molecule has 1 aromatic heterocycles. The summed E-state index contributed by atoms with van der Waals surface area (Å²) in [7, 11) is 0. The van der Waals surface area contributed by atoms with E-state index in [4.69, 9.17) is 0 Å². The second-order valence-corrected chi connectivity index (χ2v) is 5.31. The van der Waals surface area contributed by atoms with Gasteiger partial charge in [-0.1, -0.05) is 39.0 Å². The van der Waals surface area contributed by atoms with Crippen LogP contribution in [-0.4, -0.2) is 9.55 Å². The Morgan fingerprint density at radius 1 is 1.06 bits per heavy atom. The van der Waals surface area contributed by atoms with Crippen LogP contribution in [0.3, 0.4) is 0 Å². The number of imidazole rings is 1. The number of hydrogen-bond donors (Lipinski definition) is 0. The lowest BCUT2D eigenvalue weighted by Crippen LogP contribution is -2.08. The second kappa shape index (κ2) is 6.83. The molecule has 2 nitrogen and oxygen atoms in total. The smallest absolute Gasteiger partial charge is 0.0951 e. The number of rotatable bonds is 7. The molecule has 17 heavy (non-hydrogen) atoms. The molecule has 0 radical (unpaired) electrons. The van der Waals surface area contributed by atoms with Crippen molar-refractivity contribution in [3.8, 4) is 0 Å². The van der Waals surface area contributed by atoms with E-state index in [0.29, 0.717) is 0 Å². The fourth-order valence-corrected chi connectivity index (χ4v) is 2.79. The summed E-state index contributed by atoms with van der Waals surface area (Å²) in [6, 6.07) is 0. The van der Waals surface area contributed by atoms with Crippen LogP contribution in [0.15, 0.2) is 6.33 Å². The summed E-state index contributed by atoms with van der Waals surface area (Å²) in [6.07, 6.45) is 15.5. The van der Waals surface area contributed by atoms with Gasteiger partial charge in [0.25, 0.3) is 0 Å². The number of nitrogens with zero attached hydrogens (tertiary/aromatic N) is 2. The lowest BCUT2D eigenvalue weighted by atomic mass is 10.0. The van der Waals surface area contributed by atoms with Crippen molar-refractivity contribution in [2.45, 2.75) is 77.7 Å². The van der Waals surface area contributed by atoms with E-state index in [-0.39, 0.29) is 0 Å². The Balaban J connectivity index is 1.70. The largest absolute Gasteiger partial charge is 0.334 e. The molecule has 0 bridgehead atoms. The van der Waals surface area contributed by atoms with Crippen molar-refractivity contribution < 1.29 is 0 Å². The molecule has 1 heterocycles. The number of unbranched alkanes of at least 4 members (excludes halogenated alkanes) is 5. The van der Waals surface area contributed by atoms with Crippen molar-refractivity contribution in [2.24, 2.45) is 0 Å². The molecule has 0 N–H and O–H groups in total. The molecular formula is C15H26N2. The van der Waals surface area contributed by atoms with Crippen LogP contribution in [-0.2, 0) is 19.4 Å². The van der Waals surface area contributed by atoms with Gasteiger partial charge in [0, 0.05) is 12.2 Å². The summed E-state index contributed by atoms with van der Waals surface area (Å²) in [5.74, 6) is 0. The van der Waals surface area contributed by atoms with Crippen molar-refractivity contribution in [3.63, 3.8) is 0 Å². The van der Waals surface area contributed by atoms with Crippen molar-refractivity contribution in [3.05, 3.63) is 17.7 Å². The van der Waals surface area contributed by atoms with E-state index in [1.807, 2.05) is 0 Å². The quantitative estimate of drug-likeness (QED) is 0.649. The summed E-state index contributed by atoms with van der Waals surface area (Å²) in [5.41, 5.74) is 2.91. The maximum absolute atomic E-state index is 4.55. The summed E-state index contributed by atoms with van der Waals surface area (Å²) < 4.78 is 2.41. The standard InChI is InChI=1S/C15H26N2/c1-2-3-4-5-6-9-12-17-13-16-14-10-7-8-11-15(14)17/h13H,2-12H2,1H3. The molecule has 1 aromatic rings. The van der Waals surface area contributed by atoms with E-state index >= 15 is 0 Å². The Bertz CT molecular complexity index is 328. The van der Waals surface area contributed by atoms with E-state index in [1.54, 1.807) is 0 Å². The van der Waals surface area contributed by atoms with Crippen molar-refractivity contribution in [1.82, 2.24) is 9.55 Å². The van der Waals surface area contributed by atoms with Crippen LogP contribution in [0, 0.1) is 0 Å². The highest BCUT2D eigenvalue weighted by molar-refractivity contribution is 5.16. The Labute approximate surface area is 105 Å². The van der Waals surface area contributed by atoms with Crippen molar-refractivity contribution >= 4 is 0 Å². The van der Waals surface area contributed by atoms with Gasteiger partial charge >= 0.3 is 0 Å². The van der Waals surface area contributed by atoms with E-state index in [2.05, 4.69) is 22.8 Å². The fraction of sp³-hybridized carbons (Fsp3) is 0.800. The van der Waals surface area contributed by atoms with E-state index < -0.39 is 0 Å². The first-order chi connectivity index (χ1) is 8.42. The van der Waals surface area contributed by atoms with Gasteiger partial charge in [-0.2, -0.15) is 0 Å². The third-order valence-corrected chi connectivity index (χ3v) is 3.86. The molecule has 0 saturated carbocycles. The molecule has 0 saturated heterocycles. The highest BCUT2D eigenvalue weighted by atomic mass is 15.1. The van der Waals surface area contributed by atoms with Crippen LogP contribution in [0.1, 0.15) is 69.7 Å². The zero-order chi connectivity index (χ0) is 11.9. The van der Waals surface area contributed by atoms with Gasteiger partial charge in [0.1, 0.15) is 0 Å². The zero-order valence-corrected chi connectivity index (χ0v) is 11.2. The van der Waals surface area contributed by atoms with E-state index in [1.165, 1.54) is 82.1 Å². The molecule has 0 spiro atoms. The summed E-state index contributed by atoms with van der Waals surface area (Å²) in [5, 5.41) is 0. The Hall–Kier alpha value is -0.790. The van der Waals surface area contributed by atoms with Gasteiger partial charge in [-0.3, -0.25) is 0 Å². The summed E-state index contributed by atoms with van der Waals surface area (Å²) in [6.45, 7) is 3.46. The average Bonchev–Trinajstić information content (AvgIpc) is 2.77. The van der Waals surface area contributed by atoms with Crippen molar-refractivity contribution in [1.29, 1.82) is 0 Å². The minimum absolute atomic E-state index is 1.19. The monoisotopic (exact) mass is 234 g/mol. The molecule has 0 atom stereocenters. The third kappa shape index (κ3) is 3.58. The number of aryl methyl sites for hydroxylation is 2. The van der Waals surface area contributed by atoms with Gasteiger partial charge in [0.05, 0.1) is 12.0 Å². The molecule has 0 aromatic carbocycles. The van der Waals surface area contributed by atoms with Crippen LogP contribution in [0.5, 0.6) is 0 Å². The van der Waals surface area contributed by atoms with Crippen LogP contribution < -0.4 is 0 Å². The maximum Gasteiger partial charge on any atom is 0.0951 e. The van der Waals surface area contributed by atoms with E-state index in [9.17, 15) is 0 Å². The lowest BCUT2D eigenvalue weighted by Gasteiger charge is -2.13. The minimum atomic E-state index is 1.19. The predicted molar refractivity (Wildman–Crippen MR) is 72.2 cm³/mol. The Morgan fingerprint density at radius 2 is 1.82 bits per heavy atom. The highest BCUT2D eigenvalue weighted by Crippen LogP contribution is 2.20. The van der Waals surface area contributed by atoms with Crippen LogP contribution >= 0.6 is 0 Å². The SMILES string of the molecule is CCCCCCCCn1cnc2c1CCCC2. The summed E-state index contributed by atoms with van der Waals surface area (Å²) >= 11 is 0. The van der Waals surface area contributed by atoms with Crippen LogP contribution in [0.4, 0.5) is 0 Å². The first kappa shape index (κ1) is 12.7. The minimum Gasteiger partial charge on any atom is -0.334 e. The lowest BCUT2D eigenvalue weighted by molar-refractivity contribution is 0.537. The van der Waals surface area contributed by atoms with Crippen LogP contribution in [0.2, 0.25) is 0 Å². The molecular weight excluding hydrogens is 208 g/mol. The van der Waals surface area contributed by atoms with Gasteiger partial charge in [-0.05, 0) is 32.1 Å². The molecule has 1 aliphatic carbocycles. The molecule has 2 rings (SSSR count).